The molecule has 4 rings (SSSR count). The second-order valence-electron chi connectivity index (χ2n) is 5.56. The molecule has 0 saturated heterocycles. The monoisotopic (exact) mass is 314 g/mol. The predicted molar refractivity (Wildman–Crippen MR) is 80.8 cm³/mol. The van der Waals surface area contributed by atoms with Crippen LogP contribution in [0.3, 0.4) is 0 Å². The molecule has 2 aromatic rings. The van der Waals surface area contributed by atoms with Gasteiger partial charge in [0.25, 0.3) is 0 Å². The molecule has 23 heavy (non-hydrogen) atoms. The van der Waals surface area contributed by atoms with E-state index >= 15 is 0 Å². The van der Waals surface area contributed by atoms with Gasteiger partial charge >= 0.3 is 0 Å². The van der Waals surface area contributed by atoms with Crippen molar-refractivity contribution in [1.82, 2.24) is 0 Å². The van der Waals surface area contributed by atoms with Crippen LogP contribution in [0.15, 0.2) is 18.2 Å². The fourth-order valence-electron chi connectivity index (χ4n) is 2.58. The Balaban J connectivity index is 1.99. The van der Waals surface area contributed by atoms with Gasteiger partial charge in [0.2, 0.25) is 13.6 Å². The largest absolute Gasteiger partial charge is 0.457 e. The van der Waals surface area contributed by atoms with E-state index in [1.807, 2.05) is 12.1 Å². The molecule has 0 bridgehead atoms. The lowest BCUT2D eigenvalue weighted by Crippen LogP contribution is -2.26. The minimum atomic E-state index is -1.49. The van der Waals surface area contributed by atoms with Crippen LogP contribution >= 0.6 is 0 Å². The van der Waals surface area contributed by atoms with Crippen molar-refractivity contribution >= 4 is 10.8 Å². The molecule has 0 saturated carbocycles. The summed E-state index contributed by atoms with van der Waals surface area (Å²) in [7, 11) is 0. The molecule has 0 fully saturated rings. The van der Waals surface area contributed by atoms with Crippen LogP contribution in [0.2, 0.25) is 0 Å². The van der Waals surface area contributed by atoms with Crippen LogP contribution in [0.1, 0.15) is 12.5 Å². The molecule has 2 aliphatic rings. The maximum absolute atomic E-state index is 9.87. The second kappa shape index (κ2) is 4.95. The number of aliphatic hydroxyl groups is 2. The fourth-order valence-corrected chi connectivity index (χ4v) is 2.58. The van der Waals surface area contributed by atoms with E-state index in [4.69, 9.17) is 24.1 Å². The average Bonchev–Trinajstić information content (AvgIpc) is 2.58. The molecule has 0 radical (unpaired) electrons. The highest BCUT2D eigenvalue weighted by atomic mass is 16.7. The van der Waals surface area contributed by atoms with Gasteiger partial charge in [0, 0.05) is 6.07 Å². The summed E-state index contributed by atoms with van der Waals surface area (Å²) in [6.07, 6.45) is 0. The highest BCUT2D eigenvalue weighted by Gasteiger charge is 2.26. The standard InChI is InChI=1S/C17H14O6/c1-17(19,7-18)5-4-10-6-13-14-11(20-8-22-13)2-3-12-15(14)16(10)23-9-21-12/h2-3,6,18-19H,7-9H2,1H3. The van der Waals surface area contributed by atoms with Gasteiger partial charge in [0.05, 0.1) is 22.9 Å². The zero-order chi connectivity index (χ0) is 16.0. The first kappa shape index (κ1) is 14.0. The summed E-state index contributed by atoms with van der Waals surface area (Å²) in [5.41, 5.74) is -0.927. The van der Waals surface area contributed by atoms with Gasteiger partial charge in [-0.15, -0.1) is 0 Å². The molecular formula is C17H14O6. The molecule has 2 heterocycles. The Morgan fingerprint density at radius 2 is 1.70 bits per heavy atom. The topological polar surface area (TPSA) is 77.4 Å². The van der Waals surface area contributed by atoms with Crippen molar-refractivity contribution in [3.63, 3.8) is 0 Å². The Hall–Kier alpha value is -2.62. The molecule has 6 nitrogen and oxygen atoms in total. The number of aliphatic hydroxyl groups excluding tert-OH is 1. The van der Waals surface area contributed by atoms with Crippen LogP contribution < -0.4 is 18.9 Å². The Morgan fingerprint density at radius 1 is 1.04 bits per heavy atom. The van der Waals surface area contributed by atoms with Gasteiger partial charge in [-0.05, 0) is 19.1 Å². The van der Waals surface area contributed by atoms with Crippen LogP contribution in [-0.2, 0) is 0 Å². The van der Waals surface area contributed by atoms with E-state index in [0.29, 0.717) is 28.6 Å². The van der Waals surface area contributed by atoms with E-state index in [2.05, 4.69) is 11.8 Å². The van der Waals surface area contributed by atoms with E-state index in [1.165, 1.54) is 6.92 Å². The van der Waals surface area contributed by atoms with E-state index in [1.54, 1.807) is 6.07 Å². The quantitative estimate of drug-likeness (QED) is 0.775. The number of ether oxygens (including phenoxy) is 4. The zero-order valence-electron chi connectivity index (χ0n) is 12.4. The second-order valence-corrected chi connectivity index (χ2v) is 5.56. The molecule has 1 unspecified atom stereocenters. The van der Waals surface area contributed by atoms with Crippen LogP contribution in [0.5, 0.6) is 23.0 Å². The first-order chi connectivity index (χ1) is 11.1. The maximum atomic E-state index is 9.87. The molecule has 0 aliphatic carbocycles. The fraction of sp³-hybridized carbons (Fsp3) is 0.294. The maximum Gasteiger partial charge on any atom is 0.231 e. The molecular weight excluding hydrogens is 300 g/mol. The summed E-state index contributed by atoms with van der Waals surface area (Å²) in [4.78, 5) is 0. The van der Waals surface area contributed by atoms with Crippen molar-refractivity contribution in [2.75, 3.05) is 20.2 Å². The number of benzene rings is 2. The Kier molecular flexibility index (Phi) is 3.01. The summed E-state index contributed by atoms with van der Waals surface area (Å²) in [5.74, 6) is 8.04. The predicted octanol–water partition coefficient (Wildman–Crippen LogP) is 1.39. The van der Waals surface area contributed by atoms with Gasteiger partial charge in [0.1, 0.15) is 22.8 Å². The molecule has 118 valence electrons. The Morgan fingerprint density at radius 3 is 2.43 bits per heavy atom. The average molecular weight is 314 g/mol. The van der Waals surface area contributed by atoms with Crippen molar-refractivity contribution in [2.45, 2.75) is 12.5 Å². The molecule has 0 aromatic heterocycles. The summed E-state index contributed by atoms with van der Waals surface area (Å²) < 4.78 is 22.2. The highest BCUT2D eigenvalue weighted by molar-refractivity contribution is 6.04. The van der Waals surface area contributed by atoms with Crippen molar-refractivity contribution in [2.24, 2.45) is 0 Å². The lowest BCUT2D eigenvalue weighted by atomic mass is 10.0. The lowest BCUT2D eigenvalue weighted by molar-refractivity contribution is 0.0518. The normalized spacial score (nSPS) is 16.8. The Bertz CT molecular complexity index is 859. The SMILES string of the molecule is CC(O)(C#Cc1cc2c3c(ccc4c3c1OCO4)OCO2)CO. The van der Waals surface area contributed by atoms with E-state index < -0.39 is 12.2 Å². The van der Waals surface area contributed by atoms with Gasteiger partial charge in [-0.1, -0.05) is 11.8 Å². The first-order valence-corrected chi connectivity index (χ1v) is 7.10. The highest BCUT2D eigenvalue weighted by Crippen LogP contribution is 2.49. The van der Waals surface area contributed by atoms with Crippen molar-refractivity contribution < 1.29 is 29.2 Å². The van der Waals surface area contributed by atoms with Gasteiger partial charge in [-0.2, -0.15) is 0 Å². The summed E-state index contributed by atoms with van der Waals surface area (Å²) in [5, 5.41) is 20.5. The minimum absolute atomic E-state index is 0.0770. The summed E-state index contributed by atoms with van der Waals surface area (Å²) in [6, 6.07) is 5.40. The Labute approximate surface area is 132 Å². The number of hydrogen-bond donors (Lipinski definition) is 2. The molecule has 6 heteroatoms. The molecule has 0 amide bonds. The van der Waals surface area contributed by atoms with Crippen LogP contribution in [-0.4, -0.2) is 36.0 Å². The van der Waals surface area contributed by atoms with Crippen LogP contribution in [0.4, 0.5) is 0 Å². The first-order valence-electron chi connectivity index (χ1n) is 7.10. The number of hydrogen-bond acceptors (Lipinski definition) is 6. The van der Waals surface area contributed by atoms with Crippen LogP contribution in [0.25, 0.3) is 10.8 Å². The van der Waals surface area contributed by atoms with Gasteiger partial charge in [0.15, 0.2) is 5.75 Å². The van der Waals surface area contributed by atoms with Crippen molar-refractivity contribution in [3.05, 3.63) is 23.8 Å². The minimum Gasteiger partial charge on any atom is -0.457 e. The van der Waals surface area contributed by atoms with Crippen molar-refractivity contribution in [1.29, 1.82) is 0 Å². The third kappa shape index (κ3) is 2.22. The molecule has 0 spiro atoms. The number of rotatable bonds is 1. The van der Waals surface area contributed by atoms with E-state index in [0.717, 1.165) is 10.8 Å². The van der Waals surface area contributed by atoms with E-state index in [-0.39, 0.29) is 13.6 Å². The molecule has 2 aliphatic heterocycles. The lowest BCUT2D eigenvalue weighted by Gasteiger charge is -2.26. The van der Waals surface area contributed by atoms with Gasteiger partial charge < -0.3 is 29.2 Å². The van der Waals surface area contributed by atoms with Crippen LogP contribution in [0, 0.1) is 11.8 Å². The van der Waals surface area contributed by atoms with Crippen molar-refractivity contribution in [3.8, 4) is 34.8 Å². The summed E-state index contributed by atoms with van der Waals surface area (Å²) >= 11 is 0. The molecule has 2 aromatic carbocycles. The van der Waals surface area contributed by atoms with E-state index in [9.17, 15) is 5.11 Å². The van der Waals surface area contributed by atoms with Gasteiger partial charge in [-0.3, -0.25) is 0 Å². The molecule has 1 atom stereocenters. The zero-order valence-corrected chi connectivity index (χ0v) is 12.4. The third-order valence-electron chi connectivity index (χ3n) is 3.74. The molecule has 2 N–H and O–H groups in total. The third-order valence-corrected chi connectivity index (χ3v) is 3.74. The smallest absolute Gasteiger partial charge is 0.231 e. The van der Waals surface area contributed by atoms with Gasteiger partial charge in [-0.25, -0.2) is 0 Å². The summed E-state index contributed by atoms with van der Waals surface area (Å²) in [6.45, 7) is 1.17.